The van der Waals surface area contributed by atoms with Crippen LogP contribution in [-0.4, -0.2) is 19.1 Å². The first kappa shape index (κ1) is 15.6. The molecule has 0 spiro atoms. The molecule has 1 aliphatic rings. The van der Waals surface area contributed by atoms with Crippen LogP contribution in [-0.2, 0) is 0 Å². The van der Waals surface area contributed by atoms with Gasteiger partial charge in [0.05, 0.1) is 5.02 Å². The van der Waals surface area contributed by atoms with Crippen LogP contribution in [0.5, 0.6) is 11.5 Å². The molecule has 0 saturated heterocycles. The van der Waals surface area contributed by atoms with E-state index < -0.39 is 0 Å². The molecule has 1 aliphatic heterocycles. The Morgan fingerprint density at radius 3 is 2.67 bits per heavy atom. The number of ether oxygens (including phenoxy) is 2. The van der Waals surface area contributed by atoms with Crippen LogP contribution in [0.1, 0.15) is 9.67 Å². The standard InChI is InChI=1S/C17H11Cl2NO3S/c18-9-1-3-11-14(7-9)24-16(15(11)19)17(21)20-10-2-4-12-13(8-10)23-6-5-22-12/h1-4,7-8H,5-6H2,(H,20,21). The van der Waals surface area contributed by atoms with Gasteiger partial charge in [-0.25, -0.2) is 0 Å². The number of thiophene rings is 1. The van der Waals surface area contributed by atoms with E-state index in [0.29, 0.717) is 45.3 Å². The molecule has 1 N–H and O–H groups in total. The van der Waals surface area contributed by atoms with Gasteiger partial charge in [0, 0.05) is 26.9 Å². The molecule has 24 heavy (non-hydrogen) atoms. The van der Waals surface area contributed by atoms with Crippen molar-refractivity contribution in [2.24, 2.45) is 0 Å². The summed E-state index contributed by atoms with van der Waals surface area (Å²) in [6.07, 6.45) is 0. The first-order valence-corrected chi connectivity index (χ1v) is 8.77. The summed E-state index contributed by atoms with van der Waals surface area (Å²) >= 11 is 13.7. The van der Waals surface area contributed by atoms with E-state index in [1.807, 2.05) is 6.07 Å². The maximum absolute atomic E-state index is 12.6. The molecule has 0 bridgehead atoms. The fourth-order valence-electron chi connectivity index (χ4n) is 2.49. The quantitative estimate of drug-likeness (QED) is 0.662. The molecule has 0 aliphatic carbocycles. The van der Waals surface area contributed by atoms with Crippen LogP contribution in [0.25, 0.3) is 10.1 Å². The Balaban J connectivity index is 1.63. The van der Waals surface area contributed by atoms with Crippen molar-refractivity contribution in [3.63, 3.8) is 0 Å². The summed E-state index contributed by atoms with van der Waals surface area (Å²) in [6.45, 7) is 1.02. The van der Waals surface area contributed by atoms with E-state index in [0.717, 1.165) is 10.1 Å². The molecule has 4 rings (SSSR count). The molecular formula is C17H11Cl2NO3S. The number of rotatable bonds is 2. The molecule has 2 aromatic carbocycles. The van der Waals surface area contributed by atoms with Gasteiger partial charge >= 0.3 is 0 Å². The van der Waals surface area contributed by atoms with Crippen LogP contribution in [0.4, 0.5) is 5.69 Å². The lowest BCUT2D eigenvalue weighted by Gasteiger charge is -2.18. The van der Waals surface area contributed by atoms with Gasteiger partial charge in [-0.2, -0.15) is 0 Å². The highest BCUT2D eigenvalue weighted by atomic mass is 35.5. The Labute approximate surface area is 151 Å². The fourth-order valence-corrected chi connectivity index (χ4v) is 4.18. The summed E-state index contributed by atoms with van der Waals surface area (Å²) in [5.74, 6) is 1.02. The summed E-state index contributed by atoms with van der Waals surface area (Å²) < 4.78 is 11.9. The summed E-state index contributed by atoms with van der Waals surface area (Å²) in [5, 5.41) is 4.70. The van der Waals surface area contributed by atoms with E-state index in [1.54, 1.807) is 30.3 Å². The topological polar surface area (TPSA) is 47.6 Å². The maximum atomic E-state index is 12.6. The van der Waals surface area contributed by atoms with Crippen molar-refractivity contribution < 1.29 is 14.3 Å². The van der Waals surface area contributed by atoms with E-state index in [4.69, 9.17) is 32.7 Å². The van der Waals surface area contributed by atoms with Crippen molar-refractivity contribution in [3.05, 3.63) is 51.3 Å². The molecule has 4 nitrogen and oxygen atoms in total. The number of hydrogen-bond donors (Lipinski definition) is 1. The third-order valence-electron chi connectivity index (χ3n) is 3.60. The molecule has 0 unspecified atom stereocenters. The van der Waals surface area contributed by atoms with Gasteiger partial charge in [0.2, 0.25) is 0 Å². The number of carbonyl (C=O) groups is 1. The molecule has 3 aromatic rings. The molecule has 0 radical (unpaired) electrons. The van der Waals surface area contributed by atoms with Crippen molar-refractivity contribution in [2.75, 3.05) is 18.5 Å². The smallest absolute Gasteiger partial charge is 0.267 e. The zero-order valence-electron chi connectivity index (χ0n) is 12.3. The minimum atomic E-state index is -0.269. The lowest BCUT2D eigenvalue weighted by Crippen LogP contribution is -2.16. The van der Waals surface area contributed by atoms with Crippen LogP contribution in [0.2, 0.25) is 10.0 Å². The van der Waals surface area contributed by atoms with Crippen LogP contribution >= 0.6 is 34.5 Å². The Kier molecular flexibility index (Phi) is 4.00. The molecule has 2 heterocycles. The number of fused-ring (bicyclic) bond motifs is 2. The normalized spacial score (nSPS) is 13.1. The van der Waals surface area contributed by atoms with Gasteiger partial charge < -0.3 is 14.8 Å². The molecule has 0 atom stereocenters. The van der Waals surface area contributed by atoms with E-state index in [1.165, 1.54) is 11.3 Å². The molecular weight excluding hydrogens is 369 g/mol. The zero-order chi connectivity index (χ0) is 16.7. The van der Waals surface area contributed by atoms with E-state index in [2.05, 4.69) is 5.32 Å². The van der Waals surface area contributed by atoms with Gasteiger partial charge in [0.1, 0.15) is 18.1 Å². The van der Waals surface area contributed by atoms with Gasteiger partial charge in [0.25, 0.3) is 5.91 Å². The average Bonchev–Trinajstić information content (AvgIpc) is 2.91. The zero-order valence-corrected chi connectivity index (χ0v) is 14.6. The van der Waals surface area contributed by atoms with Crippen molar-refractivity contribution in [3.8, 4) is 11.5 Å². The summed E-state index contributed by atoms with van der Waals surface area (Å²) in [5.41, 5.74) is 0.621. The van der Waals surface area contributed by atoms with Gasteiger partial charge in [-0.1, -0.05) is 29.3 Å². The molecule has 1 aromatic heterocycles. The largest absolute Gasteiger partial charge is 0.486 e. The van der Waals surface area contributed by atoms with E-state index in [-0.39, 0.29) is 5.91 Å². The summed E-state index contributed by atoms with van der Waals surface area (Å²) in [4.78, 5) is 13.0. The second kappa shape index (κ2) is 6.16. The Morgan fingerprint density at radius 2 is 1.83 bits per heavy atom. The molecule has 0 fully saturated rings. The molecule has 0 saturated carbocycles. The van der Waals surface area contributed by atoms with Gasteiger partial charge in [-0.15, -0.1) is 11.3 Å². The van der Waals surface area contributed by atoms with Crippen molar-refractivity contribution in [1.82, 2.24) is 0 Å². The van der Waals surface area contributed by atoms with E-state index >= 15 is 0 Å². The summed E-state index contributed by atoms with van der Waals surface area (Å²) in [7, 11) is 0. The Bertz CT molecular complexity index is 954. The highest BCUT2D eigenvalue weighted by Crippen LogP contribution is 2.38. The van der Waals surface area contributed by atoms with Gasteiger partial charge in [-0.3, -0.25) is 4.79 Å². The highest BCUT2D eigenvalue weighted by molar-refractivity contribution is 7.21. The van der Waals surface area contributed by atoms with E-state index in [9.17, 15) is 4.79 Å². The Hall–Kier alpha value is -1.95. The molecule has 7 heteroatoms. The predicted molar refractivity (Wildman–Crippen MR) is 97.2 cm³/mol. The number of anilines is 1. The van der Waals surface area contributed by atoms with Crippen molar-refractivity contribution in [2.45, 2.75) is 0 Å². The number of amides is 1. The van der Waals surface area contributed by atoms with Crippen LogP contribution in [0.3, 0.4) is 0 Å². The fraction of sp³-hybridized carbons (Fsp3) is 0.118. The second-order valence-electron chi connectivity index (χ2n) is 5.20. The number of carbonyl (C=O) groups excluding carboxylic acids is 1. The Morgan fingerprint density at radius 1 is 1.04 bits per heavy atom. The number of nitrogens with one attached hydrogen (secondary N) is 1. The summed E-state index contributed by atoms with van der Waals surface area (Å²) in [6, 6.07) is 10.7. The van der Waals surface area contributed by atoms with Crippen LogP contribution < -0.4 is 14.8 Å². The molecule has 122 valence electrons. The number of halogens is 2. The minimum Gasteiger partial charge on any atom is -0.486 e. The third kappa shape index (κ3) is 2.79. The lowest BCUT2D eigenvalue weighted by molar-refractivity contribution is 0.103. The number of benzene rings is 2. The maximum Gasteiger partial charge on any atom is 0.267 e. The molecule has 1 amide bonds. The first-order chi connectivity index (χ1) is 11.6. The average molecular weight is 380 g/mol. The van der Waals surface area contributed by atoms with Crippen molar-refractivity contribution >= 4 is 56.2 Å². The monoisotopic (exact) mass is 379 g/mol. The predicted octanol–water partition coefficient (Wildman–Crippen LogP) is 5.23. The first-order valence-electron chi connectivity index (χ1n) is 7.20. The minimum absolute atomic E-state index is 0.269. The SMILES string of the molecule is O=C(Nc1ccc2c(c1)OCCO2)c1sc2cc(Cl)ccc2c1Cl. The van der Waals surface area contributed by atoms with Crippen LogP contribution in [0.15, 0.2) is 36.4 Å². The second-order valence-corrected chi connectivity index (χ2v) is 7.06. The number of hydrogen-bond acceptors (Lipinski definition) is 4. The highest BCUT2D eigenvalue weighted by Gasteiger charge is 2.19. The van der Waals surface area contributed by atoms with Gasteiger partial charge in [0.15, 0.2) is 11.5 Å². The third-order valence-corrected chi connectivity index (χ3v) is 5.49. The van der Waals surface area contributed by atoms with Crippen LogP contribution in [0, 0.1) is 0 Å². The van der Waals surface area contributed by atoms with Gasteiger partial charge in [-0.05, 0) is 24.3 Å². The lowest BCUT2D eigenvalue weighted by atomic mass is 10.2. The van der Waals surface area contributed by atoms with Crippen molar-refractivity contribution in [1.29, 1.82) is 0 Å².